The molecule has 34 heavy (non-hydrogen) atoms. The number of pyridine rings is 2. The molecule has 1 amide bonds. The topological polar surface area (TPSA) is 111 Å². The minimum atomic E-state index is -0.216. The molecule has 2 N–H and O–H groups in total. The van der Waals surface area contributed by atoms with Crippen molar-refractivity contribution >= 4 is 17.4 Å². The van der Waals surface area contributed by atoms with E-state index < -0.39 is 0 Å². The van der Waals surface area contributed by atoms with E-state index in [-0.39, 0.29) is 11.9 Å². The molecule has 0 spiro atoms. The van der Waals surface area contributed by atoms with Gasteiger partial charge >= 0.3 is 0 Å². The molecule has 4 aromatic rings. The Hall–Kier alpha value is -4.53. The van der Waals surface area contributed by atoms with Gasteiger partial charge in [-0.1, -0.05) is 12.1 Å². The molecule has 0 bridgehead atoms. The standard InChI is InChI=1S/C25H24N6O3/c1-16(17-6-4-8-19(12-17)29-24(32)18-7-5-11-26-13-18)28-22-15-27-14-21(30-22)20-9-10-23(33-2)31-25(20)34-3/h4-16H,1-3H3,(H,28,30)(H,29,32)/t16-/m0/s1. The van der Waals surface area contributed by atoms with Gasteiger partial charge in [0.2, 0.25) is 11.8 Å². The number of amides is 1. The van der Waals surface area contributed by atoms with Crippen LogP contribution in [0.3, 0.4) is 0 Å². The first-order chi connectivity index (χ1) is 16.6. The van der Waals surface area contributed by atoms with Crippen molar-refractivity contribution in [2.75, 3.05) is 24.9 Å². The minimum Gasteiger partial charge on any atom is -0.481 e. The summed E-state index contributed by atoms with van der Waals surface area (Å²) in [6, 6.07) is 14.5. The van der Waals surface area contributed by atoms with E-state index in [4.69, 9.17) is 9.47 Å². The van der Waals surface area contributed by atoms with Crippen LogP contribution in [0.5, 0.6) is 11.8 Å². The molecule has 0 saturated heterocycles. The van der Waals surface area contributed by atoms with Crippen molar-refractivity contribution in [3.63, 3.8) is 0 Å². The maximum Gasteiger partial charge on any atom is 0.257 e. The maximum absolute atomic E-state index is 12.4. The largest absolute Gasteiger partial charge is 0.481 e. The number of carbonyl (C=O) groups is 1. The Balaban J connectivity index is 1.50. The van der Waals surface area contributed by atoms with Gasteiger partial charge in [-0.05, 0) is 42.8 Å². The molecule has 0 aliphatic carbocycles. The molecule has 0 unspecified atom stereocenters. The third kappa shape index (κ3) is 5.26. The van der Waals surface area contributed by atoms with Crippen molar-refractivity contribution in [2.45, 2.75) is 13.0 Å². The first-order valence-corrected chi connectivity index (χ1v) is 10.6. The zero-order valence-corrected chi connectivity index (χ0v) is 19.0. The zero-order valence-electron chi connectivity index (χ0n) is 19.0. The molecule has 9 nitrogen and oxygen atoms in total. The molecular formula is C25H24N6O3. The molecule has 9 heteroatoms. The fourth-order valence-corrected chi connectivity index (χ4v) is 3.34. The fraction of sp³-hybridized carbons (Fsp3) is 0.160. The number of benzene rings is 1. The minimum absolute atomic E-state index is 0.101. The summed E-state index contributed by atoms with van der Waals surface area (Å²) in [4.78, 5) is 29.7. The number of hydrogen-bond acceptors (Lipinski definition) is 8. The van der Waals surface area contributed by atoms with Crippen molar-refractivity contribution in [1.29, 1.82) is 0 Å². The van der Waals surface area contributed by atoms with E-state index in [1.165, 1.54) is 6.20 Å². The van der Waals surface area contributed by atoms with Crippen molar-refractivity contribution in [2.24, 2.45) is 0 Å². The number of carbonyl (C=O) groups excluding carboxylic acids is 1. The molecule has 0 aliphatic rings. The van der Waals surface area contributed by atoms with Gasteiger partial charge in [0.15, 0.2) is 0 Å². The lowest BCUT2D eigenvalue weighted by Gasteiger charge is -2.17. The number of anilines is 2. The predicted molar refractivity (Wildman–Crippen MR) is 129 cm³/mol. The van der Waals surface area contributed by atoms with E-state index in [2.05, 4.69) is 30.6 Å². The number of rotatable bonds is 8. The molecule has 3 aromatic heterocycles. The van der Waals surface area contributed by atoms with Gasteiger partial charge in [-0.3, -0.25) is 14.8 Å². The number of nitrogens with one attached hydrogen (secondary N) is 2. The van der Waals surface area contributed by atoms with Crippen molar-refractivity contribution in [1.82, 2.24) is 19.9 Å². The fourth-order valence-electron chi connectivity index (χ4n) is 3.34. The molecule has 3 heterocycles. The van der Waals surface area contributed by atoms with Crippen molar-refractivity contribution < 1.29 is 14.3 Å². The van der Waals surface area contributed by atoms with Crippen LogP contribution in [0.2, 0.25) is 0 Å². The van der Waals surface area contributed by atoms with Gasteiger partial charge < -0.3 is 20.1 Å². The second-order valence-corrected chi connectivity index (χ2v) is 7.39. The highest BCUT2D eigenvalue weighted by atomic mass is 16.5. The summed E-state index contributed by atoms with van der Waals surface area (Å²) in [6.07, 6.45) is 6.46. The molecule has 1 atom stereocenters. The highest BCUT2D eigenvalue weighted by Crippen LogP contribution is 2.30. The Morgan fingerprint density at radius 3 is 2.59 bits per heavy atom. The molecule has 0 saturated carbocycles. The van der Waals surface area contributed by atoms with Crippen LogP contribution in [-0.2, 0) is 0 Å². The average molecular weight is 457 g/mol. The van der Waals surface area contributed by atoms with Crippen LogP contribution in [0.4, 0.5) is 11.5 Å². The van der Waals surface area contributed by atoms with Crippen LogP contribution in [0, 0.1) is 0 Å². The first kappa shape index (κ1) is 22.7. The number of aromatic nitrogens is 4. The number of nitrogens with zero attached hydrogens (tertiary/aromatic N) is 4. The molecule has 4 rings (SSSR count). The molecule has 1 aromatic carbocycles. The van der Waals surface area contributed by atoms with Crippen LogP contribution < -0.4 is 20.1 Å². The van der Waals surface area contributed by atoms with Crippen LogP contribution in [0.1, 0.15) is 28.9 Å². The summed E-state index contributed by atoms with van der Waals surface area (Å²) in [6.45, 7) is 2.01. The van der Waals surface area contributed by atoms with Crippen molar-refractivity contribution in [3.05, 3.63) is 84.4 Å². The Bertz CT molecular complexity index is 1280. The number of methoxy groups -OCH3 is 2. The molecule has 172 valence electrons. The van der Waals surface area contributed by atoms with Crippen LogP contribution in [0.25, 0.3) is 11.3 Å². The number of ether oxygens (including phenoxy) is 2. The van der Waals surface area contributed by atoms with Gasteiger partial charge in [-0.2, -0.15) is 4.98 Å². The van der Waals surface area contributed by atoms with Gasteiger partial charge in [0.1, 0.15) is 5.82 Å². The Morgan fingerprint density at radius 2 is 1.82 bits per heavy atom. The van der Waals surface area contributed by atoms with Crippen molar-refractivity contribution in [3.8, 4) is 23.0 Å². The molecule has 0 aliphatic heterocycles. The maximum atomic E-state index is 12.4. The SMILES string of the molecule is COc1ccc(-c2cncc(N[C@@H](C)c3cccc(NC(=O)c4cccnc4)c3)n2)c(OC)n1. The predicted octanol–water partition coefficient (Wildman–Crippen LogP) is 4.38. The van der Waals surface area contributed by atoms with E-state index >= 15 is 0 Å². The summed E-state index contributed by atoms with van der Waals surface area (Å²) < 4.78 is 10.6. The summed E-state index contributed by atoms with van der Waals surface area (Å²) in [5.74, 6) is 1.22. The number of hydrogen-bond donors (Lipinski definition) is 2. The van der Waals surface area contributed by atoms with Gasteiger partial charge in [0, 0.05) is 24.1 Å². The lowest BCUT2D eigenvalue weighted by atomic mass is 10.1. The quantitative estimate of drug-likeness (QED) is 0.402. The Kier molecular flexibility index (Phi) is 6.92. The third-order valence-electron chi connectivity index (χ3n) is 5.08. The van der Waals surface area contributed by atoms with E-state index in [1.807, 2.05) is 37.3 Å². The van der Waals surface area contributed by atoms with Gasteiger partial charge in [0.25, 0.3) is 5.91 Å². The highest BCUT2D eigenvalue weighted by molar-refractivity contribution is 6.04. The monoisotopic (exact) mass is 456 g/mol. The van der Waals surface area contributed by atoms with Gasteiger partial charge in [-0.25, -0.2) is 4.98 Å². The van der Waals surface area contributed by atoms with Crippen LogP contribution >= 0.6 is 0 Å². The van der Waals surface area contributed by atoms with E-state index in [9.17, 15) is 4.79 Å². The lowest BCUT2D eigenvalue weighted by molar-refractivity contribution is 0.102. The zero-order chi connectivity index (χ0) is 23.9. The highest BCUT2D eigenvalue weighted by Gasteiger charge is 2.14. The van der Waals surface area contributed by atoms with Gasteiger partial charge in [-0.15, -0.1) is 0 Å². The molecule has 0 radical (unpaired) electrons. The summed E-state index contributed by atoms with van der Waals surface area (Å²) in [5, 5.41) is 6.26. The van der Waals surface area contributed by atoms with Crippen LogP contribution in [0.15, 0.2) is 73.3 Å². The van der Waals surface area contributed by atoms with E-state index in [0.29, 0.717) is 40.1 Å². The van der Waals surface area contributed by atoms with E-state index in [1.54, 1.807) is 51.0 Å². The molecular weight excluding hydrogens is 432 g/mol. The first-order valence-electron chi connectivity index (χ1n) is 10.6. The lowest BCUT2D eigenvalue weighted by Crippen LogP contribution is -2.13. The summed E-state index contributed by atoms with van der Waals surface area (Å²) in [7, 11) is 3.09. The van der Waals surface area contributed by atoms with Gasteiger partial charge in [0.05, 0.1) is 49.5 Å². The van der Waals surface area contributed by atoms with Crippen LogP contribution in [-0.4, -0.2) is 40.1 Å². The smallest absolute Gasteiger partial charge is 0.257 e. The summed E-state index contributed by atoms with van der Waals surface area (Å²) in [5.41, 5.74) is 3.47. The van der Waals surface area contributed by atoms with E-state index in [0.717, 1.165) is 5.56 Å². The summed E-state index contributed by atoms with van der Waals surface area (Å²) >= 11 is 0. The average Bonchev–Trinajstić information content (AvgIpc) is 2.89. The Morgan fingerprint density at radius 1 is 0.941 bits per heavy atom. The second kappa shape index (κ2) is 10.4. The molecule has 0 fully saturated rings. The third-order valence-corrected chi connectivity index (χ3v) is 5.08. The normalized spacial score (nSPS) is 11.4. The second-order valence-electron chi connectivity index (χ2n) is 7.39. The Labute approximate surface area is 197 Å².